The summed E-state index contributed by atoms with van der Waals surface area (Å²) < 4.78 is 0.993. The molecule has 0 spiro atoms. The Bertz CT molecular complexity index is 697. The number of amides is 1. The third kappa shape index (κ3) is 4.71. The van der Waals surface area contributed by atoms with Gasteiger partial charge >= 0.3 is 0 Å². The molecule has 1 saturated heterocycles. The van der Waals surface area contributed by atoms with Crippen LogP contribution >= 0.6 is 34.2 Å². The molecule has 0 saturated carbocycles. The van der Waals surface area contributed by atoms with Crippen molar-refractivity contribution in [3.05, 3.63) is 68.3 Å². The highest BCUT2D eigenvalue weighted by Gasteiger charge is 2.21. The molecule has 0 radical (unpaired) electrons. The molecule has 0 unspecified atom stereocenters. The lowest BCUT2D eigenvalue weighted by atomic mass is 10.0. The molecule has 3 rings (SSSR count). The van der Waals surface area contributed by atoms with Gasteiger partial charge in [0.15, 0.2) is 0 Å². The van der Waals surface area contributed by atoms with Crippen LogP contribution in [0.4, 0.5) is 0 Å². The average Bonchev–Trinajstić information content (AvgIpc) is 2.59. The van der Waals surface area contributed by atoms with Crippen LogP contribution in [0.25, 0.3) is 0 Å². The fourth-order valence-electron chi connectivity index (χ4n) is 2.99. The summed E-state index contributed by atoms with van der Waals surface area (Å²) in [5, 5.41) is 3.95. The maximum Gasteiger partial charge on any atom is 0.252 e. The predicted octanol–water partition coefficient (Wildman–Crippen LogP) is 4.34. The molecule has 1 amide bonds. The lowest BCUT2D eigenvalue weighted by Gasteiger charge is -2.32. The van der Waals surface area contributed by atoms with E-state index in [1.165, 1.54) is 5.56 Å². The summed E-state index contributed by atoms with van der Waals surface area (Å²) >= 11 is 8.14. The molecule has 24 heavy (non-hydrogen) atoms. The summed E-state index contributed by atoms with van der Waals surface area (Å²) in [5.41, 5.74) is 2.04. The first kappa shape index (κ1) is 17.7. The van der Waals surface area contributed by atoms with E-state index >= 15 is 0 Å². The Hall–Kier alpha value is -1.11. The monoisotopic (exact) mass is 454 g/mol. The van der Waals surface area contributed by atoms with Crippen LogP contribution in [0.3, 0.4) is 0 Å². The van der Waals surface area contributed by atoms with Crippen molar-refractivity contribution in [2.45, 2.75) is 25.4 Å². The zero-order valence-corrected chi connectivity index (χ0v) is 16.3. The summed E-state index contributed by atoms with van der Waals surface area (Å²) in [6.45, 7) is 2.94. The van der Waals surface area contributed by atoms with Crippen LogP contribution in [-0.2, 0) is 6.54 Å². The highest BCUT2D eigenvalue weighted by atomic mass is 127. The third-order valence-corrected chi connectivity index (χ3v) is 5.55. The van der Waals surface area contributed by atoms with E-state index in [1.54, 1.807) is 0 Å². The highest BCUT2D eigenvalue weighted by molar-refractivity contribution is 14.1. The second kappa shape index (κ2) is 8.32. The summed E-state index contributed by atoms with van der Waals surface area (Å²) in [4.78, 5) is 14.8. The first-order valence-electron chi connectivity index (χ1n) is 8.14. The molecule has 1 N–H and O–H groups in total. The average molecular weight is 455 g/mol. The minimum absolute atomic E-state index is 0.0381. The van der Waals surface area contributed by atoms with E-state index in [1.807, 2.05) is 36.4 Å². The van der Waals surface area contributed by atoms with Crippen molar-refractivity contribution in [3.8, 4) is 0 Å². The fraction of sp³-hybridized carbons (Fsp3) is 0.316. The zero-order valence-electron chi connectivity index (χ0n) is 13.3. The zero-order chi connectivity index (χ0) is 16.9. The van der Waals surface area contributed by atoms with Gasteiger partial charge in [0, 0.05) is 34.3 Å². The molecule has 1 heterocycles. The van der Waals surface area contributed by atoms with E-state index in [9.17, 15) is 4.79 Å². The molecule has 1 aliphatic heterocycles. The lowest BCUT2D eigenvalue weighted by Crippen LogP contribution is -2.44. The first-order chi connectivity index (χ1) is 11.6. The molecule has 0 aliphatic carbocycles. The van der Waals surface area contributed by atoms with Crippen LogP contribution in [-0.4, -0.2) is 29.9 Å². The molecule has 5 heteroatoms. The molecule has 3 nitrogen and oxygen atoms in total. The molecule has 2 aromatic carbocycles. The summed E-state index contributed by atoms with van der Waals surface area (Å²) in [6, 6.07) is 16.0. The third-order valence-electron chi connectivity index (χ3n) is 4.36. The number of likely N-dealkylation sites (tertiary alicyclic amines) is 1. The number of nitrogens with zero attached hydrogens (tertiary/aromatic N) is 1. The Morgan fingerprint density at radius 3 is 2.46 bits per heavy atom. The molecule has 0 atom stereocenters. The minimum atomic E-state index is 0.0381. The topological polar surface area (TPSA) is 32.3 Å². The number of halogens is 2. The van der Waals surface area contributed by atoms with Gasteiger partial charge in [0.05, 0.1) is 5.56 Å². The molecule has 1 fully saturated rings. The number of hydrogen-bond donors (Lipinski definition) is 1. The van der Waals surface area contributed by atoms with Crippen molar-refractivity contribution >= 4 is 40.1 Å². The number of nitrogens with one attached hydrogen (secondary N) is 1. The number of carbonyl (C=O) groups excluding carboxylic acids is 1. The van der Waals surface area contributed by atoms with Gasteiger partial charge in [-0.2, -0.15) is 0 Å². The van der Waals surface area contributed by atoms with Crippen LogP contribution in [0.15, 0.2) is 48.5 Å². The number of hydrogen-bond acceptors (Lipinski definition) is 2. The van der Waals surface area contributed by atoms with Gasteiger partial charge in [-0.15, -0.1) is 0 Å². The highest BCUT2D eigenvalue weighted by Crippen LogP contribution is 2.17. The van der Waals surface area contributed by atoms with Gasteiger partial charge in [-0.1, -0.05) is 35.9 Å². The Morgan fingerprint density at radius 1 is 1.12 bits per heavy atom. The van der Waals surface area contributed by atoms with E-state index in [4.69, 9.17) is 11.6 Å². The van der Waals surface area contributed by atoms with Gasteiger partial charge in [0.2, 0.25) is 0 Å². The van der Waals surface area contributed by atoms with Gasteiger partial charge in [-0.25, -0.2) is 0 Å². The minimum Gasteiger partial charge on any atom is -0.349 e. The molecular weight excluding hydrogens is 435 g/mol. The number of carbonyl (C=O) groups is 1. The van der Waals surface area contributed by atoms with E-state index in [0.717, 1.165) is 46.6 Å². The quantitative estimate of drug-likeness (QED) is 0.697. The Kier molecular flexibility index (Phi) is 6.14. The fourth-order valence-corrected chi connectivity index (χ4v) is 3.75. The van der Waals surface area contributed by atoms with Crippen molar-refractivity contribution in [2.24, 2.45) is 0 Å². The second-order valence-corrected chi connectivity index (χ2v) is 7.73. The first-order valence-corrected chi connectivity index (χ1v) is 9.59. The van der Waals surface area contributed by atoms with Crippen molar-refractivity contribution in [1.82, 2.24) is 10.2 Å². The van der Waals surface area contributed by atoms with Crippen LogP contribution in [0.1, 0.15) is 28.8 Å². The molecule has 1 aliphatic rings. The summed E-state index contributed by atoms with van der Waals surface area (Å²) in [5.74, 6) is 0.0381. The normalized spacial score (nSPS) is 16.1. The van der Waals surface area contributed by atoms with Crippen molar-refractivity contribution in [2.75, 3.05) is 13.1 Å². The van der Waals surface area contributed by atoms with E-state index in [2.05, 4.69) is 44.9 Å². The molecular formula is C19H20ClIN2O. The van der Waals surface area contributed by atoms with Crippen LogP contribution in [0, 0.1) is 3.57 Å². The van der Waals surface area contributed by atoms with Crippen LogP contribution in [0.5, 0.6) is 0 Å². The maximum absolute atomic E-state index is 12.4. The largest absolute Gasteiger partial charge is 0.349 e. The molecule has 2 aromatic rings. The predicted molar refractivity (Wildman–Crippen MR) is 106 cm³/mol. The van der Waals surface area contributed by atoms with Crippen LogP contribution < -0.4 is 5.32 Å². The Balaban J connectivity index is 1.49. The summed E-state index contributed by atoms with van der Waals surface area (Å²) in [7, 11) is 0. The maximum atomic E-state index is 12.4. The Morgan fingerprint density at radius 2 is 1.79 bits per heavy atom. The summed E-state index contributed by atoms with van der Waals surface area (Å²) in [6.07, 6.45) is 1.98. The standard InChI is InChI=1S/C19H20ClIN2O/c20-15-7-5-14(6-8-15)13-23-11-9-16(10-12-23)22-19(24)17-3-1-2-4-18(17)21/h1-8,16H,9-13H2,(H,22,24). The number of benzene rings is 2. The molecule has 0 bridgehead atoms. The molecule has 0 aromatic heterocycles. The SMILES string of the molecule is O=C(NC1CCN(Cc2ccc(Cl)cc2)CC1)c1ccccc1I. The number of piperidine rings is 1. The van der Waals surface area contributed by atoms with Crippen molar-refractivity contribution in [3.63, 3.8) is 0 Å². The smallest absolute Gasteiger partial charge is 0.252 e. The van der Waals surface area contributed by atoms with Gasteiger partial charge in [-0.3, -0.25) is 9.69 Å². The Labute approximate surface area is 161 Å². The van der Waals surface area contributed by atoms with Crippen molar-refractivity contribution < 1.29 is 4.79 Å². The van der Waals surface area contributed by atoms with Gasteiger partial charge in [0.25, 0.3) is 5.91 Å². The second-order valence-electron chi connectivity index (χ2n) is 6.13. The van der Waals surface area contributed by atoms with E-state index < -0.39 is 0 Å². The van der Waals surface area contributed by atoms with E-state index in [0.29, 0.717) is 0 Å². The number of rotatable bonds is 4. The van der Waals surface area contributed by atoms with Gasteiger partial charge in [0.1, 0.15) is 0 Å². The van der Waals surface area contributed by atoms with E-state index in [-0.39, 0.29) is 11.9 Å². The lowest BCUT2D eigenvalue weighted by molar-refractivity contribution is 0.0908. The molecule has 126 valence electrons. The van der Waals surface area contributed by atoms with Gasteiger partial charge in [-0.05, 0) is 65.3 Å². The van der Waals surface area contributed by atoms with Crippen molar-refractivity contribution in [1.29, 1.82) is 0 Å². The van der Waals surface area contributed by atoms with Gasteiger partial charge < -0.3 is 5.32 Å². The van der Waals surface area contributed by atoms with Crippen LogP contribution in [0.2, 0.25) is 5.02 Å².